The maximum Gasteiger partial charge on any atom is 0.338 e. The number of esters is 1. The van der Waals surface area contributed by atoms with Gasteiger partial charge in [0, 0.05) is 22.1 Å². The molecule has 1 aliphatic heterocycles. The Bertz CT molecular complexity index is 1810. The second kappa shape index (κ2) is 11.1. The minimum atomic E-state index is -0.625. The maximum atomic E-state index is 14.0. The summed E-state index contributed by atoms with van der Waals surface area (Å²) in [6, 6.07) is 17.2. The van der Waals surface area contributed by atoms with Crippen LogP contribution in [0.15, 0.2) is 75.7 Å². The Morgan fingerprint density at radius 3 is 2.40 bits per heavy atom. The molecule has 1 unspecified atom stereocenters. The van der Waals surface area contributed by atoms with Crippen LogP contribution in [-0.2, 0) is 9.53 Å². The summed E-state index contributed by atoms with van der Waals surface area (Å²) in [6.45, 7) is 12.2. The highest BCUT2D eigenvalue weighted by Gasteiger charge is 2.33. The molecule has 2 aromatic carbocycles. The van der Waals surface area contributed by atoms with E-state index < -0.39 is 12.0 Å². The van der Waals surface area contributed by atoms with Crippen molar-refractivity contribution in [1.82, 2.24) is 9.13 Å². The number of thiazole rings is 1. The van der Waals surface area contributed by atoms with Crippen LogP contribution < -0.4 is 14.9 Å². The van der Waals surface area contributed by atoms with Gasteiger partial charge in [0.05, 0.1) is 28.5 Å². The molecule has 0 saturated carbocycles. The summed E-state index contributed by atoms with van der Waals surface area (Å²) >= 11 is 7.43. The molecule has 1 atom stereocenters. The van der Waals surface area contributed by atoms with Gasteiger partial charge >= 0.3 is 5.97 Å². The summed E-state index contributed by atoms with van der Waals surface area (Å²) < 4.78 is 9.75. The van der Waals surface area contributed by atoms with Crippen LogP contribution in [0.3, 0.4) is 0 Å². The highest BCUT2D eigenvalue weighted by atomic mass is 35.5. The van der Waals surface area contributed by atoms with E-state index in [1.54, 1.807) is 18.4 Å². The monoisotopic (exact) mass is 573 g/mol. The standard InChI is InChI=1S/C32H32ClN3O3S/c1-7-39-31(38)28-20(5)34-32-36(29(28)23-10-8-22(9-11-23)18(2)3)30(37)27(40-32)17-24-16-19(4)35(21(24)6)26-14-12-25(33)13-15-26/h8-18,29H,7H2,1-6H3. The molecule has 40 heavy (non-hydrogen) atoms. The lowest BCUT2D eigenvalue weighted by atomic mass is 9.93. The smallest absolute Gasteiger partial charge is 0.338 e. The molecule has 0 fully saturated rings. The molecule has 8 heteroatoms. The predicted molar refractivity (Wildman–Crippen MR) is 161 cm³/mol. The van der Waals surface area contributed by atoms with E-state index in [0.29, 0.717) is 31.5 Å². The van der Waals surface area contributed by atoms with Crippen LogP contribution in [0.25, 0.3) is 11.8 Å². The first kappa shape index (κ1) is 27.9. The summed E-state index contributed by atoms with van der Waals surface area (Å²) in [7, 11) is 0. The van der Waals surface area contributed by atoms with Crippen LogP contribution in [-0.4, -0.2) is 21.7 Å². The molecule has 3 heterocycles. The summed E-state index contributed by atoms with van der Waals surface area (Å²) in [5.74, 6) is -0.0906. The van der Waals surface area contributed by atoms with Gasteiger partial charge < -0.3 is 9.30 Å². The normalized spacial score (nSPS) is 15.4. The van der Waals surface area contributed by atoms with Gasteiger partial charge in [0.15, 0.2) is 4.80 Å². The molecule has 0 spiro atoms. The largest absolute Gasteiger partial charge is 0.463 e. The van der Waals surface area contributed by atoms with Gasteiger partial charge in [-0.05, 0) is 86.7 Å². The molecule has 0 N–H and O–H groups in total. The second-order valence-electron chi connectivity index (χ2n) is 10.3. The number of hydrogen-bond donors (Lipinski definition) is 0. The van der Waals surface area contributed by atoms with Crippen LogP contribution in [0, 0.1) is 13.8 Å². The third kappa shape index (κ3) is 5.00. The first-order valence-corrected chi connectivity index (χ1v) is 14.5. The number of halogens is 1. The van der Waals surface area contributed by atoms with E-state index in [1.807, 2.05) is 56.3 Å². The van der Waals surface area contributed by atoms with Crippen molar-refractivity contribution in [3.63, 3.8) is 0 Å². The van der Waals surface area contributed by atoms with Gasteiger partial charge in [-0.3, -0.25) is 9.36 Å². The van der Waals surface area contributed by atoms with Crippen molar-refractivity contribution in [3.05, 3.63) is 119 Å². The average Bonchev–Trinajstić information content (AvgIpc) is 3.38. The molecule has 2 aromatic heterocycles. The number of fused-ring (bicyclic) bond motifs is 1. The Morgan fingerprint density at radius 1 is 1.10 bits per heavy atom. The molecule has 0 bridgehead atoms. The number of carbonyl (C=O) groups is 1. The quantitative estimate of drug-likeness (QED) is 0.266. The number of carbonyl (C=O) groups excluding carboxylic acids is 1. The number of aromatic nitrogens is 2. The predicted octanol–water partition coefficient (Wildman–Crippen LogP) is 5.98. The molecule has 206 valence electrons. The van der Waals surface area contributed by atoms with Gasteiger partial charge in [0.1, 0.15) is 0 Å². The van der Waals surface area contributed by atoms with E-state index in [0.717, 1.165) is 28.2 Å². The van der Waals surface area contributed by atoms with E-state index in [1.165, 1.54) is 16.9 Å². The topological polar surface area (TPSA) is 65.6 Å². The lowest BCUT2D eigenvalue weighted by Gasteiger charge is -2.25. The summed E-state index contributed by atoms with van der Waals surface area (Å²) in [4.78, 5) is 32.4. The molecule has 0 amide bonds. The second-order valence-corrected chi connectivity index (χ2v) is 11.7. The number of ether oxygens (including phenoxy) is 1. The Labute approximate surface area is 242 Å². The third-order valence-corrected chi connectivity index (χ3v) is 8.51. The minimum Gasteiger partial charge on any atom is -0.463 e. The summed E-state index contributed by atoms with van der Waals surface area (Å²) in [5, 5.41) is 0.679. The molecular weight excluding hydrogens is 542 g/mol. The summed E-state index contributed by atoms with van der Waals surface area (Å²) in [6.07, 6.45) is 1.92. The molecule has 0 aliphatic carbocycles. The number of nitrogens with zero attached hydrogens (tertiary/aromatic N) is 3. The Morgan fingerprint density at radius 2 is 1.77 bits per heavy atom. The summed E-state index contributed by atoms with van der Waals surface area (Å²) in [5.41, 5.74) is 6.78. The van der Waals surface area contributed by atoms with Crippen molar-refractivity contribution in [2.45, 2.75) is 53.5 Å². The van der Waals surface area contributed by atoms with Gasteiger partial charge in [-0.2, -0.15) is 0 Å². The van der Waals surface area contributed by atoms with Crippen molar-refractivity contribution in [2.24, 2.45) is 4.99 Å². The lowest BCUT2D eigenvalue weighted by molar-refractivity contribution is -0.139. The molecule has 0 radical (unpaired) electrons. The number of benzene rings is 2. The van der Waals surface area contributed by atoms with Crippen molar-refractivity contribution < 1.29 is 9.53 Å². The highest BCUT2D eigenvalue weighted by Crippen LogP contribution is 2.31. The van der Waals surface area contributed by atoms with Crippen molar-refractivity contribution >= 4 is 35.0 Å². The van der Waals surface area contributed by atoms with Crippen LogP contribution in [0.2, 0.25) is 5.02 Å². The minimum absolute atomic E-state index is 0.188. The van der Waals surface area contributed by atoms with Gasteiger partial charge in [-0.25, -0.2) is 9.79 Å². The van der Waals surface area contributed by atoms with E-state index >= 15 is 0 Å². The van der Waals surface area contributed by atoms with Crippen LogP contribution in [0.5, 0.6) is 0 Å². The van der Waals surface area contributed by atoms with Crippen molar-refractivity contribution in [1.29, 1.82) is 0 Å². The number of aryl methyl sites for hydroxylation is 1. The van der Waals surface area contributed by atoms with Gasteiger partial charge in [0.2, 0.25) is 0 Å². The van der Waals surface area contributed by atoms with E-state index in [9.17, 15) is 9.59 Å². The zero-order chi connectivity index (χ0) is 28.7. The lowest BCUT2D eigenvalue weighted by Crippen LogP contribution is -2.39. The maximum absolute atomic E-state index is 14.0. The van der Waals surface area contributed by atoms with Gasteiger partial charge in [-0.15, -0.1) is 0 Å². The van der Waals surface area contributed by atoms with Crippen molar-refractivity contribution in [3.8, 4) is 5.69 Å². The SMILES string of the molecule is CCOC(=O)C1=C(C)N=c2sc(=Cc3cc(C)n(-c4ccc(Cl)cc4)c3C)c(=O)n2C1c1ccc(C(C)C)cc1. The number of hydrogen-bond acceptors (Lipinski definition) is 5. The Kier molecular flexibility index (Phi) is 7.71. The molecule has 1 aliphatic rings. The Hall–Kier alpha value is -3.68. The zero-order valence-electron chi connectivity index (χ0n) is 23.5. The van der Waals surface area contributed by atoms with E-state index in [-0.39, 0.29) is 12.2 Å². The van der Waals surface area contributed by atoms with Crippen LogP contribution >= 0.6 is 22.9 Å². The Balaban J connectivity index is 1.67. The fraction of sp³-hybridized carbons (Fsp3) is 0.281. The fourth-order valence-electron chi connectivity index (χ4n) is 5.23. The van der Waals surface area contributed by atoms with Gasteiger partial charge in [0.25, 0.3) is 5.56 Å². The first-order valence-electron chi connectivity index (χ1n) is 13.3. The first-order chi connectivity index (χ1) is 19.1. The zero-order valence-corrected chi connectivity index (χ0v) is 25.1. The average molecular weight is 574 g/mol. The number of allylic oxidation sites excluding steroid dienone is 1. The molecule has 4 aromatic rings. The third-order valence-electron chi connectivity index (χ3n) is 7.28. The van der Waals surface area contributed by atoms with Crippen molar-refractivity contribution in [2.75, 3.05) is 6.61 Å². The van der Waals surface area contributed by atoms with E-state index in [4.69, 9.17) is 21.3 Å². The fourth-order valence-corrected chi connectivity index (χ4v) is 6.40. The van der Waals surface area contributed by atoms with Gasteiger partial charge in [-0.1, -0.05) is 61.1 Å². The highest BCUT2D eigenvalue weighted by molar-refractivity contribution is 7.07. The molecular formula is C32H32ClN3O3S. The molecule has 0 saturated heterocycles. The molecule has 6 nitrogen and oxygen atoms in total. The van der Waals surface area contributed by atoms with E-state index in [2.05, 4.69) is 36.6 Å². The molecule has 5 rings (SSSR count). The van der Waals surface area contributed by atoms with Crippen LogP contribution in [0.4, 0.5) is 0 Å². The number of rotatable bonds is 6. The van der Waals surface area contributed by atoms with Crippen LogP contribution in [0.1, 0.15) is 67.7 Å².